The Labute approximate surface area is 79.0 Å². The van der Waals surface area contributed by atoms with E-state index in [0.717, 1.165) is 17.3 Å². The fourth-order valence-corrected chi connectivity index (χ4v) is 2.15. The highest BCUT2D eigenvalue weighted by Crippen LogP contribution is 2.36. The van der Waals surface area contributed by atoms with Crippen molar-refractivity contribution in [3.8, 4) is 0 Å². The van der Waals surface area contributed by atoms with Gasteiger partial charge in [0.25, 0.3) is 0 Å². The Kier molecular flexibility index (Phi) is 2.02. The number of imidazole rings is 1. The Balaban J connectivity index is 2.34. The maximum absolute atomic E-state index is 5.98. The molecule has 0 saturated heterocycles. The molecular formula is C10H17N3. The molecule has 1 heterocycles. The molecule has 1 aliphatic rings. The first-order valence-electron chi connectivity index (χ1n) is 4.99. The standard InChI is InChI=1S/C10H17N3/c1-7-12-9(10(11)13(7)2)8-5-3-4-6-8/h8H,3-6,11H2,1-2H3. The Morgan fingerprint density at radius 3 is 2.46 bits per heavy atom. The number of aromatic nitrogens is 2. The number of nitrogen functional groups attached to an aromatic ring is 1. The topological polar surface area (TPSA) is 43.8 Å². The van der Waals surface area contributed by atoms with Crippen LogP contribution in [0.4, 0.5) is 5.82 Å². The van der Waals surface area contributed by atoms with Crippen molar-refractivity contribution in [2.45, 2.75) is 38.5 Å². The van der Waals surface area contributed by atoms with Gasteiger partial charge in [0, 0.05) is 13.0 Å². The predicted molar refractivity (Wildman–Crippen MR) is 53.6 cm³/mol. The highest BCUT2D eigenvalue weighted by atomic mass is 15.1. The Morgan fingerprint density at radius 2 is 2.00 bits per heavy atom. The van der Waals surface area contributed by atoms with Crippen LogP contribution in [0, 0.1) is 6.92 Å². The van der Waals surface area contributed by atoms with Gasteiger partial charge < -0.3 is 10.3 Å². The van der Waals surface area contributed by atoms with Gasteiger partial charge in [-0.2, -0.15) is 0 Å². The molecule has 72 valence electrons. The van der Waals surface area contributed by atoms with Crippen molar-refractivity contribution in [2.75, 3.05) is 5.73 Å². The molecule has 1 aromatic heterocycles. The first-order valence-corrected chi connectivity index (χ1v) is 4.99. The van der Waals surface area contributed by atoms with Crippen LogP contribution in [0.5, 0.6) is 0 Å². The minimum Gasteiger partial charge on any atom is -0.384 e. The van der Waals surface area contributed by atoms with E-state index in [1.807, 2.05) is 18.5 Å². The first kappa shape index (κ1) is 8.60. The maximum atomic E-state index is 5.98. The van der Waals surface area contributed by atoms with Gasteiger partial charge in [0.05, 0.1) is 5.69 Å². The molecular weight excluding hydrogens is 162 g/mol. The van der Waals surface area contributed by atoms with Gasteiger partial charge >= 0.3 is 0 Å². The van der Waals surface area contributed by atoms with E-state index in [0.29, 0.717) is 5.92 Å². The third kappa shape index (κ3) is 1.32. The molecule has 0 unspecified atom stereocenters. The number of aryl methyl sites for hydroxylation is 1. The number of nitrogens with two attached hydrogens (primary N) is 1. The minimum absolute atomic E-state index is 0.625. The lowest BCUT2D eigenvalue weighted by Gasteiger charge is -2.06. The molecule has 1 saturated carbocycles. The number of rotatable bonds is 1. The fourth-order valence-electron chi connectivity index (χ4n) is 2.15. The van der Waals surface area contributed by atoms with E-state index in [1.54, 1.807) is 0 Å². The van der Waals surface area contributed by atoms with Crippen LogP contribution in [0.1, 0.15) is 43.1 Å². The van der Waals surface area contributed by atoms with Crippen molar-refractivity contribution in [3.05, 3.63) is 11.5 Å². The summed E-state index contributed by atoms with van der Waals surface area (Å²) in [5.41, 5.74) is 7.12. The van der Waals surface area contributed by atoms with Gasteiger partial charge in [-0.3, -0.25) is 0 Å². The summed E-state index contributed by atoms with van der Waals surface area (Å²) >= 11 is 0. The lowest BCUT2D eigenvalue weighted by Crippen LogP contribution is -2.01. The van der Waals surface area contributed by atoms with Crippen LogP contribution < -0.4 is 5.73 Å². The average molecular weight is 179 g/mol. The summed E-state index contributed by atoms with van der Waals surface area (Å²) in [6, 6.07) is 0. The van der Waals surface area contributed by atoms with E-state index in [-0.39, 0.29) is 0 Å². The molecule has 2 rings (SSSR count). The number of anilines is 1. The number of hydrogen-bond donors (Lipinski definition) is 1. The molecule has 1 aromatic rings. The summed E-state index contributed by atoms with van der Waals surface area (Å²) in [6.45, 7) is 2.01. The van der Waals surface area contributed by atoms with Gasteiger partial charge in [-0.1, -0.05) is 12.8 Å². The molecule has 0 aliphatic heterocycles. The maximum Gasteiger partial charge on any atom is 0.126 e. The molecule has 13 heavy (non-hydrogen) atoms. The molecule has 0 amide bonds. The second kappa shape index (κ2) is 3.05. The van der Waals surface area contributed by atoms with Gasteiger partial charge in [0.1, 0.15) is 11.6 Å². The summed E-state index contributed by atoms with van der Waals surface area (Å²) in [7, 11) is 1.98. The van der Waals surface area contributed by atoms with Crippen molar-refractivity contribution in [2.24, 2.45) is 7.05 Å². The smallest absolute Gasteiger partial charge is 0.126 e. The third-order valence-electron chi connectivity index (χ3n) is 3.13. The summed E-state index contributed by atoms with van der Waals surface area (Å²) < 4.78 is 1.98. The highest BCUT2D eigenvalue weighted by Gasteiger charge is 2.23. The molecule has 1 aliphatic carbocycles. The summed E-state index contributed by atoms with van der Waals surface area (Å²) in [6.07, 6.45) is 5.20. The molecule has 0 radical (unpaired) electrons. The van der Waals surface area contributed by atoms with Crippen LogP contribution in [-0.4, -0.2) is 9.55 Å². The van der Waals surface area contributed by atoms with Crippen LogP contribution in [0.3, 0.4) is 0 Å². The zero-order chi connectivity index (χ0) is 9.42. The molecule has 0 spiro atoms. The van der Waals surface area contributed by atoms with E-state index < -0.39 is 0 Å². The van der Waals surface area contributed by atoms with Gasteiger partial charge in [0.15, 0.2) is 0 Å². The second-order valence-corrected chi connectivity index (χ2v) is 3.97. The van der Waals surface area contributed by atoms with Crippen molar-refractivity contribution >= 4 is 5.82 Å². The monoisotopic (exact) mass is 179 g/mol. The predicted octanol–water partition coefficient (Wildman–Crippen LogP) is 1.97. The number of hydrogen-bond acceptors (Lipinski definition) is 2. The van der Waals surface area contributed by atoms with Gasteiger partial charge in [-0.05, 0) is 19.8 Å². The van der Waals surface area contributed by atoms with Crippen molar-refractivity contribution in [1.29, 1.82) is 0 Å². The molecule has 1 fully saturated rings. The van der Waals surface area contributed by atoms with Gasteiger partial charge in [-0.25, -0.2) is 4.98 Å². The summed E-state index contributed by atoms with van der Waals surface area (Å²) in [4.78, 5) is 4.53. The second-order valence-electron chi connectivity index (χ2n) is 3.97. The minimum atomic E-state index is 0.625. The molecule has 0 bridgehead atoms. The van der Waals surface area contributed by atoms with Gasteiger partial charge in [-0.15, -0.1) is 0 Å². The Bertz CT molecular complexity index is 308. The van der Waals surface area contributed by atoms with E-state index >= 15 is 0 Å². The van der Waals surface area contributed by atoms with E-state index in [9.17, 15) is 0 Å². The molecule has 0 aromatic carbocycles. The van der Waals surface area contributed by atoms with Crippen molar-refractivity contribution in [1.82, 2.24) is 9.55 Å². The SMILES string of the molecule is Cc1nc(C2CCCC2)c(N)n1C. The average Bonchev–Trinajstić information content (AvgIpc) is 2.70. The Hall–Kier alpha value is -0.990. The summed E-state index contributed by atoms with van der Waals surface area (Å²) in [5.74, 6) is 2.52. The zero-order valence-electron chi connectivity index (χ0n) is 8.38. The van der Waals surface area contributed by atoms with Crippen LogP contribution in [0.25, 0.3) is 0 Å². The van der Waals surface area contributed by atoms with Crippen LogP contribution in [0.15, 0.2) is 0 Å². The quantitative estimate of drug-likeness (QED) is 0.716. The molecule has 3 nitrogen and oxygen atoms in total. The molecule has 3 heteroatoms. The lowest BCUT2D eigenvalue weighted by molar-refractivity contribution is 0.703. The normalized spacial score (nSPS) is 18.3. The summed E-state index contributed by atoms with van der Waals surface area (Å²) in [5, 5.41) is 0. The number of nitrogens with zero attached hydrogens (tertiary/aromatic N) is 2. The Morgan fingerprint density at radius 1 is 1.38 bits per heavy atom. The zero-order valence-corrected chi connectivity index (χ0v) is 8.38. The molecule has 2 N–H and O–H groups in total. The first-order chi connectivity index (χ1) is 6.20. The van der Waals surface area contributed by atoms with Crippen molar-refractivity contribution < 1.29 is 0 Å². The van der Waals surface area contributed by atoms with Crippen LogP contribution in [-0.2, 0) is 7.05 Å². The lowest BCUT2D eigenvalue weighted by atomic mass is 10.0. The van der Waals surface area contributed by atoms with E-state index in [2.05, 4.69) is 4.98 Å². The molecule has 0 atom stereocenters. The van der Waals surface area contributed by atoms with Crippen LogP contribution in [0.2, 0.25) is 0 Å². The third-order valence-corrected chi connectivity index (χ3v) is 3.13. The van der Waals surface area contributed by atoms with Crippen molar-refractivity contribution in [3.63, 3.8) is 0 Å². The van der Waals surface area contributed by atoms with E-state index in [4.69, 9.17) is 5.73 Å². The largest absolute Gasteiger partial charge is 0.384 e. The fraction of sp³-hybridized carbons (Fsp3) is 0.700. The van der Waals surface area contributed by atoms with E-state index in [1.165, 1.54) is 25.7 Å². The highest BCUT2D eigenvalue weighted by molar-refractivity contribution is 5.40. The van der Waals surface area contributed by atoms with Crippen LogP contribution >= 0.6 is 0 Å². The van der Waals surface area contributed by atoms with Gasteiger partial charge in [0.2, 0.25) is 0 Å².